The third kappa shape index (κ3) is 5.87. The van der Waals surface area contributed by atoms with Gasteiger partial charge in [-0.25, -0.2) is 0 Å². The Kier molecular flexibility index (Phi) is 7.53. The normalized spacial score (nSPS) is 10.9. The van der Waals surface area contributed by atoms with E-state index in [2.05, 4.69) is 27.3 Å². The first-order chi connectivity index (χ1) is 14.5. The second kappa shape index (κ2) is 10.3. The first kappa shape index (κ1) is 21.9. The van der Waals surface area contributed by atoms with Crippen LogP contribution in [0.15, 0.2) is 71.2 Å². The topological polar surface area (TPSA) is 62.1 Å². The first-order valence-electron chi connectivity index (χ1n) is 8.81. The second-order valence-electron chi connectivity index (χ2n) is 6.18. The molecule has 0 saturated heterocycles. The van der Waals surface area contributed by atoms with E-state index in [0.717, 1.165) is 10.0 Å². The summed E-state index contributed by atoms with van der Waals surface area (Å²) < 4.78 is 6.62. The molecular weight excluding hydrogens is 487 g/mol. The van der Waals surface area contributed by atoms with Gasteiger partial charge in [-0.15, -0.1) is 0 Å². The van der Waals surface area contributed by atoms with E-state index in [1.54, 1.807) is 36.4 Å². The largest absolute Gasteiger partial charge is 0.483 e. The average Bonchev–Trinajstić information content (AvgIpc) is 2.74. The molecular formula is C23H15BrCl2N2O2. The van der Waals surface area contributed by atoms with Crippen molar-refractivity contribution >= 4 is 62.4 Å². The highest BCUT2D eigenvalue weighted by Crippen LogP contribution is 2.26. The van der Waals surface area contributed by atoms with Crippen LogP contribution in [-0.2, 0) is 4.79 Å². The van der Waals surface area contributed by atoms with Crippen LogP contribution in [0.25, 0.3) is 11.6 Å². The van der Waals surface area contributed by atoms with E-state index in [0.29, 0.717) is 32.6 Å². The molecule has 0 aromatic heterocycles. The van der Waals surface area contributed by atoms with Crippen molar-refractivity contribution in [3.05, 3.63) is 92.4 Å². The molecule has 3 aromatic carbocycles. The number of rotatable bonds is 6. The van der Waals surface area contributed by atoms with Crippen LogP contribution in [0.5, 0.6) is 5.75 Å². The maximum absolute atomic E-state index is 12.2. The van der Waals surface area contributed by atoms with E-state index in [9.17, 15) is 10.1 Å². The van der Waals surface area contributed by atoms with Gasteiger partial charge in [0.25, 0.3) is 5.91 Å². The summed E-state index contributed by atoms with van der Waals surface area (Å²) in [7, 11) is 0. The molecule has 4 nitrogen and oxygen atoms in total. The molecule has 0 fully saturated rings. The Bertz CT molecular complexity index is 1140. The van der Waals surface area contributed by atoms with Gasteiger partial charge in [-0.05, 0) is 48.0 Å². The van der Waals surface area contributed by atoms with Crippen molar-refractivity contribution < 1.29 is 9.53 Å². The maximum Gasteiger partial charge on any atom is 0.262 e. The average molecular weight is 502 g/mol. The Hall–Kier alpha value is -2.78. The molecule has 3 rings (SSSR count). The SMILES string of the molecule is N#C/C(=C\c1ccccc1OCC(=O)Nc1ccc(Cl)c(Cl)c1)c1ccc(Br)cc1. The number of carbonyl (C=O) groups is 1. The summed E-state index contributed by atoms with van der Waals surface area (Å²) in [6.07, 6.45) is 1.73. The van der Waals surface area contributed by atoms with Crippen molar-refractivity contribution in [3.8, 4) is 11.8 Å². The summed E-state index contributed by atoms with van der Waals surface area (Å²) in [5, 5.41) is 13.0. The Morgan fingerprint density at radius 3 is 2.50 bits per heavy atom. The van der Waals surface area contributed by atoms with Crippen LogP contribution in [-0.4, -0.2) is 12.5 Å². The summed E-state index contributed by atoms with van der Waals surface area (Å²) in [6, 6.07) is 21.7. The lowest BCUT2D eigenvalue weighted by Gasteiger charge is -2.11. The van der Waals surface area contributed by atoms with E-state index in [4.69, 9.17) is 27.9 Å². The standard InChI is InChI=1S/C23H15BrCl2N2O2/c24-18-7-5-15(6-8-18)17(13-27)11-16-3-1-2-4-22(16)30-14-23(29)28-19-9-10-20(25)21(26)12-19/h1-12H,14H2,(H,28,29)/b17-11+. The Balaban J connectivity index is 1.73. The number of amides is 1. The zero-order valence-electron chi connectivity index (χ0n) is 15.5. The molecule has 30 heavy (non-hydrogen) atoms. The molecule has 7 heteroatoms. The maximum atomic E-state index is 12.2. The first-order valence-corrected chi connectivity index (χ1v) is 10.4. The molecule has 1 amide bonds. The molecule has 0 aliphatic carbocycles. The van der Waals surface area contributed by atoms with Gasteiger partial charge in [0.15, 0.2) is 6.61 Å². The monoisotopic (exact) mass is 500 g/mol. The van der Waals surface area contributed by atoms with Gasteiger partial charge < -0.3 is 10.1 Å². The van der Waals surface area contributed by atoms with Gasteiger partial charge in [0, 0.05) is 15.7 Å². The predicted octanol–water partition coefficient (Wildman–Crippen LogP) is 6.84. The number of para-hydroxylation sites is 1. The fraction of sp³-hybridized carbons (Fsp3) is 0.0435. The number of hydrogen-bond donors (Lipinski definition) is 1. The quantitative estimate of drug-likeness (QED) is 0.297. The van der Waals surface area contributed by atoms with Crippen molar-refractivity contribution in [2.45, 2.75) is 0 Å². The number of ether oxygens (including phenoxy) is 1. The molecule has 150 valence electrons. The van der Waals surface area contributed by atoms with Gasteiger partial charge in [-0.2, -0.15) is 5.26 Å². The van der Waals surface area contributed by atoms with Crippen LogP contribution in [0.1, 0.15) is 11.1 Å². The van der Waals surface area contributed by atoms with Crippen molar-refractivity contribution in [1.29, 1.82) is 5.26 Å². The highest BCUT2D eigenvalue weighted by molar-refractivity contribution is 9.10. The van der Waals surface area contributed by atoms with Crippen LogP contribution in [0.2, 0.25) is 10.0 Å². The minimum atomic E-state index is -0.347. The van der Waals surface area contributed by atoms with Gasteiger partial charge >= 0.3 is 0 Å². The van der Waals surface area contributed by atoms with Gasteiger partial charge in [0.05, 0.1) is 21.7 Å². The van der Waals surface area contributed by atoms with Crippen molar-refractivity contribution in [1.82, 2.24) is 0 Å². The van der Waals surface area contributed by atoms with Gasteiger partial charge in [0.2, 0.25) is 0 Å². The Morgan fingerprint density at radius 1 is 1.07 bits per heavy atom. The Morgan fingerprint density at radius 2 is 1.80 bits per heavy atom. The van der Waals surface area contributed by atoms with Gasteiger partial charge in [-0.1, -0.05) is 69.5 Å². The van der Waals surface area contributed by atoms with Crippen molar-refractivity contribution in [2.75, 3.05) is 11.9 Å². The fourth-order valence-electron chi connectivity index (χ4n) is 2.61. The fourth-order valence-corrected chi connectivity index (χ4v) is 3.17. The van der Waals surface area contributed by atoms with Crippen LogP contribution >= 0.6 is 39.1 Å². The molecule has 0 saturated carbocycles. The number of nitrogens with one attached hydrogen (secondary N) is 1. The number of anilines is 1. The molecule has 0 radical (unpaired) electrons. The molecule has 0 heterocycles. The summed E-state index contributed by atoms with van der Waals surface area (Å²) >= 11 is 15.2. The third-order valence-corrected chi connectivity index (χ3v) is 5.32. The predicted molar refractivity (Wildman–Crippen MR) is 125 cm³/mol. The molecule has 0 unspecified atom stereocenters. The van der Waals surface area contributed by atoms with Crippen molar-refractivity contribution in [3.63, 3.8) is 0 Å². The van der Waals surface area contributed by atoms with Crippen LogP contribution in [0, 0.1) is 11.3 Å². The summed E-state index contributed by atoms with van der Waals surface area (Å²) in [6.45, 7) is -0.203. The van der Waals surface area contributed by atoms with E-state index in [-0.39, 0.29) is 12.5 Å². The molecule has 0 atom stereocenters. The Labute approximate surface area is 192 Å². The number of halogens is 3. The highest BCUT2D eigenvalue weighted by Gasteiger charge is 2.09. The molecule has 0 aliphatic heterocycles. The lowest BCUT2D eigenvalue weighted by atomic mass is 10.0. The van der Waals surface area contributed by atoms with Crippen molar-refractivity contribution in [2.24, 2.45) is 0 Å². The van der Waals surface area contributed by atoms with Gasteiger partial charge in [0.1, 0.15) is 5.75 Å². The number of nitriles is 1. The summed E-state index contributed by atoms with van der Waals surface area (Å²) in [5.74, 6) is 0.146. The minimum Gasteiger partial charge on any atom is -0.483 e. The van der Waals surface area contributed by atoms with E-state index in [1.807, 2.05) is 36.4 Å². The zero-order valence-corrected chi connectivity index (χ0v) is 18.6. The third-order valence-electron chi connectivity index (χ3n) is 4.06. The van der Waals surface area contributed by atoms with Gasteiger partial charge in [-0.3, -0.25) is 4.79 Å². The number of carbonyl (C=O) groups excluding carboxylic acids is 1. The van der Waals surface area contributed by atoms with E-state index in [1.165, 1.54) is 0 Å². The number of benzene rings is 3. The van der Waals surface area contributed by atoms with Crippen LogP contribution in [0.4, 0.5) is 5.69 Å². The van der Waals surface area contributed by atoms with E-state index >= 15 is 0 Å². The zero-order chi connectivity index (χ0) is 21.5. The van der Waals surface area contributed by atoms with Crippen LogP contribution < -0.4 is 10.1 Å². The minimum absolute atomic E-state index is 0.203. The number of allylic oxidation sites excluding steroid dienone is 1. The molecule has 0 bridgehead atoms. The summed E-state index contributed by atoms with van der Waals surface area (Å²) in [4.78, 5) is 12.2. The molecule has 0 spiro atoms. The lowest BCUT2D eigenvalue weighted by molar-refractivity contribution is -0.118. The molecule has 1 N–H and O–H groups in total. The smallest absolute Gasteiger partial charge is 0.262 e. The summed E-state index contributed by atoms with van der Waals surface area (Å²) in [5.41, 5.74) is 2.49. The number of hydrogen-bond acceptors (Lipinski definition) is 3. The molecule has 0 aliphatic rings. The molecule has 3 aromatic rings. The van der Waals surface area contributed by atoms with Crippen LogP contribution in [0.3, 0.4) is 0 Å². The second-order valence-corrected chi connectivity index (χ2v) is 7.91. The highest BCUT2D eigenvalue weighted by atomic mass is 79.9. The van der Waals surface area contributed by atoms with E-state index < -0.39 is 0 Å². The number of nitrogens with zero attached hydrogens (tertiary/aromatic N) is 1. The lowest BCUT2D eigenvalue weighted by Crippen LogP contribution is -2.20.